The van der Waals surface area contributed by atoms with Crippen molar-refractivity contribution in [1.82, 2.24) is 4.98 Å². The lowest BCUT2D eigenvalue weighted by molar-refractivity contribution is -0.116. The minimum absolute atomic E-state index is 0.0997. The number of nitrogen functional groups attached to an aromatic ring is 1. The number of carbonyl (C=O) groups is 1. The Labute approximate surface area is 140 Å². The summed E-state index contributed by atoms with van der Waals surface area (Å²) in [5.74, 6) is -0.146. The quantitative estimate of drug-likeness (QED) is 0.749. The standard InChI is InChI=1S/C18H20N4O2/c1-10-4-5-13(20)8-16(10)22-17(23)7-6-14-11(2)15(9-19)18(24)21-12(14)3/h4-5,8H,6-7,20H2,1-3H3,(H,21,24)(H,22,23). The van der Waals surface area contributed by atoms with E-state index in [1.165, 1.54) is 0 Å². The van der Waals surface area contributed by atoms with Crippen molar-refractivity contribution >= 4 is 17.3 Å². The van der Waals surface area contributed by atoms with Crippen LogP contribution in [0.25, 0.3) is 0 Å². The maximum Gasteiger partial charge on any atom is 0.266 e. The van der Waals surface area contributed by atoms with Gasteiger partial charge < -0.3 is 16.0 Å². The summed E-state index contributed by atoms with van der Waals surface area (Å²) in [4.78, 5) is 26.6. The summed E-state index contributed by atoms with van der Waals surface area (Å²) in [5.41, 5.74) is 9.79. The van der Waals surface area contributed by atoms with Crippen LogP contribution in [0.5, 0.6) is 0 Å². The molecule has 124 valence electrons. The van der Waals surface area contributed by atoms with E-state index in [9.17, 15) is 9.59 Å². The third kappa shape index (κ3) is 3.63. The van der Waals surface area contributed by atoms with Crippen LogP contribution in [0, 0.1) is 32.1 Å². The summed E-state index contributed by atoms with van der Waals surface area (Å²) in [6, 6.07) is 7.26. The highest BCUT2D eigenvalue weighted by atomic mass is 16.1. The Kier molecular flexibility index (Phi) is 5.05. The summed E-state index contributed by atoms with van der Waals surface area (Å²) in [7, 11) is 0. The number of anilines is 2. The van der Waals surface area contributed by atoms with Crippen LogP contribution in [-0.2, 0) is 11.2 Å². The summed E-state index contributed by atoms with van der Waals surface area (Å²) in [6.45, 7) is 5.39. The highest BCUT2D eigenvalue weighted by Crippen LogP contribution is 2.19. The number of nitrogens with two attached hydrogens (primary N) is 1. The van der Waals surface area contributed by atoms with Crippen molar-refractivity contribution in [2.75, 3.05) is 11.1 Å². The molecule has 0 aliphatic carbocycles. The minimum atomic E-state index is -0.393. The molecule has 0 bridgehead atoms. The van der Waals surface area contributed by atoms with E-state index in [4.69, 9.17) is 11.0 Å². The molecule has 1 aromatic heterocycles. The van der Waals surface area contributed by atoms with E-state index >= 15 is 0 Å². The minimum Gasteiger partial charge on any atom is -0.399 e. The van der Waals surface area contributed by atoms with Crippen molar-refractivity contribution in [1.29, 1.82) is 5.26 Å². The predicted octanol–water partition coefficient (Wildman–Crippen LogP) is 2.33. The Balaban J connectivity index is 2.14. The molecule has 1 heterocycles. The molecular weight excluding hydrogens is 304 g/mol. The number of hydrogen-bond donors (Lipinski definition) is 3. The summed E-state index contributed by atoms with van der Waals surface area (Å²) in [5, 5.41) is 11.9. The van der Waals surface area contributed by atoms with Crippen molar-refractivity contribution in [3.8, 4) is 6.07 Å². The van der Waals surface area contributed by atoms with Crippen LogP contribution < -0.4 is 16.6 Å². The Morgan fingerprint density at radius 1 is 1.33 bits per heavy atom. The van der Waals surface area contributed by atoms with E-state index in [1.54, 1.807) is 26.0 Å². The van der Waals surface area contributed by atoms with Gasteiger partial charge in [-0.1, -0.05) is 6.07 Å². The first-order valence-electron chi connectivity index (χ1n) is 7.62. The zero-order valence-electron chi connectivity index (χ0n) is 14.0. The number of carbonyl (C=O) groups excluding carboxylic acids is 1. The first kappa shape index (κ1) is 17.3. The number of nitrogens with one attached hydrogen (secondary N) is 2. The molecular formula is C18H20N4O2. The van der Waals surface area contributed by atoms with Gasteiger partial charge in [-0.25, -0.2) is 0 Å². The van der Waals surface area contributed by atoms with Gasteiger partial charge in [-0.2, -0.15) is 5.26 Å². The van der Waals surface area contributed by atoms with Gasteiger partial charge in [-0.05, 0) is 56.0 Å². The van der Waals surface area contributed by atoms with Gasteiger partial charge in [0.2, 0.25) is 5.91 Å². The molecule has 0 atom stereocenters. The van der Waals surface area contributed by atoms with Crippen molar-refractivity contribution in [2.45, 2.75) is 33.6 Å². The highest BCUT2D eigenvalue weighted by Gasteiger charge is 2.13. The van der Waals surface area contributed by atoms with Gasteiger partial charge in [0, 0.05) is 23.5 Å². The van der Waals surface area contributed by atoms with Crippen molar-refractivity contribution in [2.24, 2.45) is 0 Å². The van der Waals surface area contributed by atoms with E-state index in [2.05, 4.69) is 10.3 Å². The molecule has 0 fully saturated rings. The second kappa shape index (κ2) is 7.01. The Hall–Kier alpha value is -3.07. The van der Waals surface area contributed by atoms with E-state index in [0.717, 1.165) is 11.1 Å². The topological polar surface area (TPSA) is 112 Å². The SMILES string of the molecule is Cc1ccc(N)cc1NC(=O)CCc1c(C)[nH]c(=O)c(C#N)c1C. The first-order valence-corrected chi connectivity index (χ1v) is 7.62. The molecule has 0 radical (unpaired) electrons. The third-order valence-corrected chi connectivity index (χ3v) is 4.06. The van der Waals surface area contributed by atoms with Gasteiger partial charge in [0.1, 0.15) is 11.6 Å². The number of pyridine rings is 1. The lowest BCUT2D eigenvalue weighted by Crippen LogP contribution is -2.18. The van der Waals surface area contributed by atoms with Crippen LogP contribution in [0.2, 0.25) is 0 Å². The van der Waals surface area contributed by atoms with Gasteiger partial charge >= 0.3 is 0 Å². The van der Waals surface area contributed by atoms with Crippen LogP contribution in [0.4, 0.5) is 11.4 Å². The monoisotopic (exact) mass is 324 g/mol. The molecule has 0 saturated heterocycles. The molecule has 24 heavy (non-hydrogen) atoms. The number of benzene rings is 1. The highest BCUT2D eigenvalue weighted by molar-refractivity contribution is 5.92. The number of nitrogens with zero attached hydrogens (tertiary/aromatic N) is 1. The van der Waals surface area contributed by atoms with E-state index in [0.29, 0.717) is 29.1 Å². The number of aromatic nitrogens is 1. The number of aromatic amines is 1. The van der Waals surface area contributed by atoms with E-state index < -0.39 is 5.56 Å². The average Bonchev–Trinajstić information content (AvgIpc) is 2.50. The second-order valence-electron chi connectivity index (χ2n) is 5.79. The van der Waals surface area contributed by atoms with Crippen LogP contribution in [0.1, 0.15) is 34.4 Å². The molecule has 2 aromatic rings. The molecule has 0 saturated carbocycles. The van der Waals surface area contributed by atoms with Crippen molar-refractivity contribution in [3.63, 3.8) is 0 Å². The number of rotatable bonds is 4. The van der Waals surface area contributed by atoms with E-state index in [-0.39, 0.29) is 17.9 Å². The Morgan fingerprint density at radius 2 is 2.04 bits per heavy atom. The molecule has 0 spiro atoms. The maximum absolute atomic E-state index is 12.2. The molecule has 4 N–H and O–H groups in total. The number of amides is 1. The predicted molar refractivity (Wildman–Crippen MR) is 93.8 cm³/mol. The lowest BCUT2D eigenvalue weighted by atomic mass is 9.99. The Morgan fingerprint density at radius 3 is 2.71 bits per heavy atom. The number of hydrogen-bond acceptors (Lipinski definition) is 4. The fourth-order valence-corrected chi connectivity index (χ4v) is 2.65. The van der Waals surface area contributed by atoms with Crippen LogP contribution in [0.3, 0.4) is 0 Å². The largest absolute Gasteiger partial charge is 0.399 e. The van der Waals surface area contributed by atoms with Crippen molar-refractivity contribution < 1.29 is 4.79 Å². The molecule has 0 aliphatic heterocycles. The van der Waals surface area contributed by atoms with Gasteiger partial charge in [0.15, 0.2) is 0 Å². The molecule has 0 aliphatic rings. The zero-order valence-corrected chi connectivity index (χ0v) is 14.0. The smallest absolute Gasteiger partial charge is 0.266 e. The maximum atomic E-state index is 12.2. The van der Waals surface area contributed by atoms with Crippen molar-refractivity contribution in [3.05, 3.63) is 56.5 Å². The molecule has 6 heteroatoms. The number of H-pyrrole nitrogens is 1. The summed E-state index contributed by atoms with van der Waals surface area (Å²) < 4.78 is 0. The first-order chi connectivity index (χ1) is 11.3. The molecule has 6 nitrogen and oxygen atoms in total. The average molecular weight is 324 g/mol. The number of nitriles is 1. The van der Waals surface area contributed by atoms with Gasteiger partial charge in [0.05, 0.1) is 0 Å². The summed E-state index contributed by atoms with van der Waals surface area (Å²) in [6.07, 6.45) is 0.684. The summed E-state index contributed by atoms with van der Waals surface area (Å²) >= 11 is 0. The van der Waals surface area contributed by atoms with E-state index in [1.807, 2.05) is 19.1 Å². The van der Waals surface area contributed by atoms with Gasteiger partial charge in [-0.15, -0.1) is 0 Å². The normalized spacial score (nSPS) is 10.2. The second-order valence-corrected chi connectivity index (χ2v) is 5.79. The Bertz CT molecular complexity index is 891. The molecule has 1 amide bonds. The third-order valence-electron chi connectivity index (χ3n) is 4.06. The fraction of sp³-hybridized carbons (Fsp3) is 0.278. The zero-order chi connectivity index (χ0) is 17.9. The van der Waals surface area contributed by atoms with Crippen LogP contribution in [0.15, 0.2) is 23.0 Å². The lowest BCUT2D eigenvalue weighted by Gasteiger charge is -2.12. The molecule has 1 aromatic carbocycles. The van der Waals surface area contributed by atoms with Gasteiger partial charge in [0.25, 0.3) is 5.56 Å². The number of aryl methyl sites for hydroxylation is 2. The van der Waals surface area contributed by atoms with Gasteiger partial charge in [-0.3, -0.25) is 9.59 Å². The van der Waals surface area contributed by atoms with Crippen LogP contribution >= 0.6 is 0 Å². The fourth-order valence-electron chi connectivity index (χ4n) is 2.65. The van der Waals surface area contributed by atoms with Crippen LogP contribution in [-0.4, -0.2) is 10.9 Å². The molecule has 0 unspecified atom stereocenters. The molecule has 2 rings (SSSR count).